The Kier molecular flexibility index (Phi) is 8.27. The highest BCUT2D eigenvalue weighted by Crippen LogP contribution is 2.27. The molecular formula is C25H34N2O3S. The van der Waals surface area contributed by atoms with Gasteiger partial charge in [0.05, 0.1) is 17.1 Å². The Bertz CT molecular complexity index is 949. The molecule has 1 N–H and O–H groups in total. The number of carbonyl (C=O) groups excluding carboxylic acids is 1. The second-order valence-corrected chi connectivity index (χ2v) is 10.8. The van der Waals surface area contributed by atoms with E-state index in [0.29, 0.717) is 4.90 Å². The predicted molar refractivity (Wildman–Crippen MR) is 126 cm³/mol. The van der Waals surface area contributed by atoms with E-state index in [0.717, 1.165) is 36.7 Å². The summed E-state index contributed by atoms with van der Waals surface area (Å²) in [4.78, 5) is 15.2. The number of hydrogen-bond donors (Lipinski definition) is 1. The summed E-state index contributed by atoms with van der Waals surface area (Å²) >= 11 is 0. The monoisotopic (exact) mass is 442 g/mol. The van der Waals surface area contributed by atoms with Gasteiger partial charge in [-0.15, -0.1) is 0 Å². The quantitative estimate of drug-likeness (QED) is 0.549. The molecule has 0 aliphatic heterocycles. The van der Waals surface area contributed by atoms with Gasteiger partial charge in [0.25, 0.3) is 0 Å². The van der Waals surface area contributed by atoms with Crippen molar-refractivity contribution in [2.75, 3.05) is 24.2 Å². The Balaban J connectivity index is 1.52. The molecule has 5 nitrogen and oxygen atoms in total. The smallest absolute Gasteiger partial charge is 0.228 e. The first kappa shape index (κ1) is 23.5. The van der Waals surface area contributed by atoms with Crippen LogP contribution >= 0.6 is 0 Å². The van der Waals surface area contributed by atoms with Crippen molar-refractivity contribution in [3.05, 3.63) is 59.7 Å². The molecule has 1 amide bonds. The van der Waals surface area contributed by atoms with Gasteiger partial charge in [-0.05, 0) is 67.1 Å². The molecule has 0 spiro atoms. The second-order valence-electron chi connectivity index (χ2n) is 8.50. The van der Waals surface area contributed by atoms with Crippen LogP contribution < -0.4 is 5.32 Å². The van der Waals surface area contributed by atoms with E-state index in [4.69, 9.17) is 0 Å². The molecule has 1 aliphatic carbocycles. The number of nitrogens with one attached hydrogen (secondary N) is 1. The third-order valence-electron chi connectivity index (χ3n) is 5.95. The molecule has 0 unspecified atom stereocenters. The molecule has 3 rings (SSSR count). The van der Waals surface area contributed by atoms with Crippen LogP contribution in [0.1, 0.15) is 50.7 Å². The predicted octanol–water partition coefficient (Wildman–Crippen LogP) is 4.67. The first-order valence-electron chi connectivity index (χ1n) is 11.3. The maximum absolute atomic E-state index is 12.4. The van der Waals surface area contributed by atoms with Crippen LogP contribution in [-0.4, -0.2) is 38.1 Å². The average Bonchev–Trinajstić information content (AvgIpc) is 2.72. The van der Waals surface area contributed by atoms with Gasteiger partial charge in [0.1, 0.15) is 0 Å². The molecule has 1 aliphatic rings. The van der Waals surface area contributed by atoms with E-state index in [9.17, 15) is 13.2 Å². The number of hydrogen-bond acceptors (Lipinski definition) is 4. The van der Waals surface area contributed by atoms with E-state index >= 15 is 0 Å². The lowest BCUT2D eigenvalue weighted by Crippen LogP contribution is -2.32. The molecule has 1 saturated carbocycles. The van der Waals surface area contributed by atoms with Crippen LogP contribution in [0.5, 0.6) is 0 Å². The molecule has 2 aromatic rings. The largest absolute Gasteiger partial charge is 0.326 e. The molecule has 0 atom stereocenters. The minimum absolute atomic E-state index is 0.0691. The van der Waals surface area contributed by atoms with Gasteiger partial charge in [0.15, 0.2) is 9.84 Å². The van der Waals surface area contributed by atoms with Crippen molar-refractivity contribution < 1.29 is 13.2 Å². The standard InChI is InChI=1S/C25H34N2O3S/c1-3-16-27(18-21-6-5-7-21)19-22-8-12-23(13-9-22)26-25(28)17-20-10-14-24(15-11-20)31(29,30)4-2/h8-15,21H,3-7,16-19H2,1-2H3,(H,26,28). The Labute approximate surface area is 186 Å². The molecule has 168 valence electrons. The fraction of sp³-hybridized carbons (Fsp3) is 0.480. The van der Waals surface area contributed by atoms with Gasteiger partial charge in [-0.1, -0.05) is 44.5 Å². The maximum atomic E-state index is 12.4. The van der Waals surface area contributed by atoms with E-state index < -0.39 is 9.84 Å². The topological polar surface area (TPSA) is 66.5 Å². The summed E-state index contributed by atoms with van der Waals surface area (Å²) in [6, 6.07) is 14.6. The fourth-order valence-electron chi connectivity index (χ4n) is 3.92. The normalized spacial score (nSPS) is 14.4. The minimum atomic E-state index is -3.22. The highest BCUT2D eigenvalue weighted by Gasteiger charge is 2.20. The Morgan fingerprint density at radius 3 is 2.19 bits per heavy atom. The van der Waals surface area contributed by atoms with Crippen LogP contribution in [0.3, 0.4) is 0 Å². The van der Waals surface area contributed by atoms with Crippen molar-refractivity contribution in [2.24, 2.45) is 5.92 Å². The highest BCUT2D eigenvalue weighted by molar-refractivity contribution is 7.91. The first-order chi connectivity index (χ1) is 14.9. The van der Waals surface area contributed by atoms with E-state index in [2.05, 4.69) is 29.3 Å². The van der Waals surface area contributed by atoms with Gasteiger partial charge in [0, 0.05) is 18.8 Å². The Morgan fingerprint density at radius 1 is 1.00 bits per heavy atom. The Morgan fingerprint density at radius 2 is 1.65 bits per heavy atom. The second kappa shape index (κ2) is 10.9. The summed E-state index contributed by atoms with van der Waals surface area (Å²) in [6.07, 6.45) is 5.47. The molecule has 31 heavy (non-hydrogen) atoms. The summed E-state index contributed by atoms with van der Waals surface area (Å²) in [6.45, 7) is 7.10. The number of anilines is 1. The molecule has 0 heterocycles. The Hall–Kier alpha value is -2.18. The first-order valence-corrected chi connectivity index (χ1v) is 13.0. The van der Waals surface area contributed by atoms with Crippen LogP contribution in [0.4, 0.5) is 5.69 Å². The molecule has 0 saturated heterocycles. The molecule has 0 radical (unpaired) electrons. The fourth-order valence-corrected chi connectivity index (χ4v) is 4.80. The number of benzene rings is 2. The van der Waals surface area contributed by atoms with E-state index in [-0.39, 0.29) is 18.1 Å². The maximum Gasteiger partial charge on any atom is 0.228 e. The van der Waals surface area contributed by atoms with Gasteiger partial charge >= 0.3 is 0 Å². The highest BCUT2D eigenvalue weighted by atomic mass is 32.2. The van der Waals surface area contributed by atoms with Crippen LogP contribution in [0, 0.1) is 5.92 Å². The zero-order valence-corrected chi connectivity index (χ0v) is 19.5. The van der Waals surface area contributed by atoms with Crippen molar-refractivity contribution >= 4 is 21.4 Å². The average molecular weight is 443 g/mol. The summed E-state index contributed by atoms with van der Waals surface area (Å²) in [5.74, 6) is 0.817. The van der Waals surface area contributed by atoms with Gasteiger partial charge in [-0.2, -0.15) is 0 Å². The van der Waals surface area contributed by atoms with E-state index in [1.807, 2.05) is 12.1 Å². The minimum Gasteiger partial charge on any atom is -0.326 e. The third-order valence-corrected chi connectivity index (χ3v) is 7.70. The number of amides is 1. The number of sulfone groups is 1. The van der Waals surface area contributed by atoms with E-state index in [1.54, 1.807) is 31.2 Å². The lowest BCUT2D eigenvalue weighted by molar-refractivity contribution is -0.115. The molecule has 1 fully saturated rings. The van der Waals surface area contributed by atoms with Gasteiger partial charge in [0.2, 0.25) is 5.91 Å². The van der Waals surface area contributed by atoms with Crippen molar-refractivity contribution in [2.45, 2.75) is 57.4 Å². The third kappa shape index (κ3) is 6.91. The summed E-state index contributed by atoms with van der Waals surface area (Å²) in [5.41, 5.74) is 2.83. The molecule has 2 aromatic carbocycles. The van der Waals surface area contributed by atoms with Gasteiger partial charge in [-0.3, -0.25) is 9.69 Å². The van der Waals surface area contributed by atoms with Crippen LogP contribution in [0.15, 0.2) is 53.4 Å². The lowest BCUT2D eigenvalue weighted by atomic mass is 9.85. The summed E-state index contributed by atoms with van der Waals surface area (Å²) in [5, 5.41) is 2.93. The number of carbonyl (C=O) groups is 1. The zero-order valence-electron chi connectivity index (χ0n) is 18.6. The molecular weight excluding hydrogens is 408 g/mol. The van der Waals surface area contributed by atoms with Crippen LogP contribution in [-0.2, 0) is 27.6 Å². The van der Waals surface area contributed by atoms with Crippen molar-refractivity contribution in [1.29, 1.82) is 0 Å². The summed E-state index contributed by atoms with van der Waals surface area (Å²) in [7, 11) is -3.22. The van der Waals surface area contributed by atoms with Crippen LogP contribution in [0.2, 0.25) is 0 Å². The zero-order chi connectivity index (χ0) is 22.3. The summed E-state index contributed by atoms with van der Waals surface area (Å²) < 4.78 is 23.8. The molecule has 0 bridgehead atoms. The van der Waals surface area contributed by atoms with Crippen LogP contribution in [0.25, 0.3) is 0 Å². The SMILES string of the molecule is CCCN(Cc1ccc(NC(=O)Cc2ccc(S(=O)(=O)CC)cc2)cc1)CC1CCC1. The molecule has 6 heteroatoms. The molecule has 0 aromatic heterocycles. The van der Waals surface area contributed by atoms with Crippen molar-refractivity contribution in [3.63, 3.8) is 0 Å². The van der Waals surface area contributed by atoms with Crippen molar-refractivity contribution in [1.82, 2.24) is 4.90 Å². The number of nitrogens with zero attached hydrogens (tertiary/aromatic N) is 1. The van der Waals surface area contributed by atoms with E-state index in [1.165, 1.54) is 31.4 Å². The van der Waals surface area contributed by atoms with Crippen molar-refractivity contribution in [3.8, 4) is 0 Å². The lowest BCUT2D eigenvalue weighted by Gasteiger charge is -2.32. The van der Waals surface area contributed by atoms with Gasteiger partial charge in [-0.25, -0.2) is 8.42 Å². The van der Waals surface area contributed by atoms with Gasteiger partial charge < -0.3 is 5.32 Å². The number of rotatable bonds is 11.